The quantitative estimate of drug-likeness (QED) is 0.835. The number of carbonyl (C=O) groups excluding carboxylic acids is 1. The number of hydrogen-bond donors (Lipinski definition) is 1. The maximum atomic E-state index is 12.9. The molecule has 0 atom stereocenters. The monoisotopic (exact) mass is 251 g/mol. The van der Waals surface area contributed by atoms with E-state index in [4.69, 9.17) is 11.6 Å². The molecule has 1 aromatic carbocycles. The van der Waals surface area contributed by atoms with Crippen molar-refractivity contribution >= 4 is 23.2 Å². The molecule has 0 unspecified atom stereocenters. The Morgan fingerprint density at radius 3 is 2.82 bits per heavy atom. The molecule has 17 heavy (non-hydrogen) atoms. The zero-order valence-corrected chi connectivity index (χ0v) is 9.28. The average molecular weight is 252 g/mol. The van der Waals surface area contributed by atoms with Gasteiger partial charge in [0.15, 0.2) is 0 Å². The van der Waals surface area contributed by atoms with Gasteiger partial charge in [-0.25, -0.2) is 14.4 Å². The first-order valence-electron chi connectivity index (χ1n) is 4.69. The third-order valence-corrected chi connectivity index (χ3v) is 2.16. The lowest BCUT2D eigenvalue weighted by Crippen LogP contribution is -2.13. The van der Waals surface area contributed by atoms with E-state index in [0.29, 0.717) is 5.69 Å². The molecule has 1 aromatic heterocycles. The van der Waals surface area contributed by atoms with E-state index in [9.17, 15) is 9.18 Å². The van der Waals surface area contributed by atoms with Crippen molar-refractivity contribution in [2.75, 3.05) is 5.32 Å². The summed E-state index contributed by atoms with van der Waals surface area (Å²) in [6.45, 7) is 0. The molecule has 1 amide bonds. The number of benzene rings is 1. The molecule has 4 nitrogen and oxygen atoms in total. The lowest BCUT2D eigenvalue weighted by Gasteiger charge is -2.04. The zero-order chi connectivity index (χ0) is 12.3. The van der Waals surface area contributed by atoms with Crippen molar-refractivity contribution in [3.05, 3.63) is 53.3 Å². The second-order valence-electron chi connectivity index (χ2n) is 3.19. The highest BCUT2D eigenvalue weighted by molar-refractivity contribution is 6.29. The second kappa shape index (κ2) is 4.88. The highest BCUT2D eigenvalue weighted by Crippen LogP contribution is 2.11. The van der Waals surface area contributed by atoms with Gasteiger partial charge in [0.1, 0.15) is 23.0 Å². The van der Waals surface area contributed by atoms with Crippen LogP contribution >= 0.6 is 11.6 Å². The Morgan fingerprint density at radius 2 is 2.12 bits per heavy atom. The van der Waals surface area contributed by atoms with Gasteiger partial charge in [0.2, 0.25) is 0 Å². The predicted molar refractivity (Wildman–Crippen MR) is 61.4 cm³/mol. The summed E-state index contributed by atoms with van der Waals surface area (Å²) in [6, 6.07) is 6.90. The van der Waals surface area contributed by atoms with E-state index < -0.39 is 11.7 Å². The molecule has 0 saturated heterocycles. The summed E-state index contributed by atoms with van der Waals surface area (Å²) in [6.07, 6.45) is 1.18. The first-order chi connectivity index (χ1) is 8.15. The number of nitrogens with one attached hydrogen (secondary N) is 1. The Hall–Kier alpha value is -2.01. The summed E-state index contributed by atoms with van der Waals surface area (Å²) in [5.74, 6) is -0.900. The van der Waals surface area contributed by atoms with Crippen LogP contribution in [-0.4, -0.2) is 15.9 Å². The molecule has 0 bridgehead atoms. The van der Waals surface area contributed by atoms with Crippen LogP contribution in [-0.2, 0) is 0 Å². The van der Waals surface area contributed by atoms with E-state index in [1.165, 1.54) is 30.6 Å². The summed E-state index contributed by atoms with van der Waals surface area (Å²) in [5, 5.41) is 2.67. The van der Waals surface area contributed by atoms with Crippen LogP contribution in [0.2, 0.25) is 5.15 Å². The molecule has 0 radical (unpaired) electrons. The van der Waals surface area contributed by atoms with E-state index in [2.05, 4.69) is 15.3 Å². The van der Waals surface area contributed by atoms with Gasteiger partial charge in [-0.3, -0.25) is 4.79 Å². The van der Waals surface area contributed by atoms with Crippen molar-refractivity contribution in [2.24, 2.45) is 0 Å². The Balaban J connectivity index is 2.17. The van der Waals surface area contributed by atoms with Gasteiger partial charge < -0.3 is 5.32 Å². The molecule has 0 aliphatic heterocycles. The normalized spacial score (nSPS) is 10.0. The lowest BCUT2D eigenvalue weighted by molar-refractivity contribution is 0.102. The molecular formula is C11H7ClFN3O. The van der Waals surface area contributed by atoms with E-state index in [-0.39, 0.29) is 10.8 Å². The highest BCUT2D eigenvalue weighted by Gasteiger charge is 2.08. The Bertz CT molecular complexity index is 562. The zero-order valence-electron chi connectivity index (χ0n) is 8.52. The maximum absolute atomic E-state index is 12.9. The van der Waals surface area contributed by atoms with Crippen LogP contribution in [0.4, 0.5) is 10.1 Å². The number of halogens is 2. The summed E-state index contributed by atoms with van der Waals surface area (Å²) >= 11 is 5.63. The van der Waals surface area contributed by atoms with Gasteiger partial charge in [0.25, 0.3) is 5.91 Å². The number of carbonyl (C=O) groups is 1. The fraction of sp³-hybridized carbons (Fsp3) is 0. The summed E-state index contributed by atoms with van der Waals surface area (Å²) < 4.78 is 12.9. The lowest BCUT2D eigenvalue weighted by atomic mass is 10.3. The van der Waals surface area contributed by atoms with Gasteiger partial charge in [-0.1, -0.05) is 17.7 Å². The van der Waals surface area contributed by atoms with E-state index in [0.717, 1.165) is 0 Å². The van der Waals surface area contributed by atoms with Crippen molar-refractivity contribution in [1.82, 2.24) is 9.97 Å². The van der Waals surface area contributed by atoms with Gasteiger partial charge in [-0.2, -0.15) is 0 Å². The number of amides is 1. The molecule has 0 spiro atoms. The minimum Gasteiger partial charge on any atom is -0.321 e. The molecule has 1 heterocycles. The van der Waals surface area contributed by atoms with Crippen molar-refractivity contribution in [2.45, 2.75) is 0 Å². The Labute approximate surface area is 101 Å². The van der Waals surface area contributed by atoms with E-state index in [1.807, 2.05) is 0 Å². The topological polar surface area (TPSA) is 54.9 Å². The van der Waals surface area contributed by atoms with Gasteiger partial charge in [-0.05, 0) is 18.2 Å². The highest BCUT2D eigenvalue weighted by atomic mass is 35.5. The molecule has 0 aliphatic rings. The van der Waals surface area contributed by atoms with Gasteiger partial charge in [0, 0.05) is 11.8 Å². The van der Waals surface area contributed by atoms with Gasteiger partial charge >= 0.3 is 0 Å². The maximum Gasteiger partial charge on any atom is 0.274 e. The van der Waals surface area contributed by atoms with Crippen molar-refractivity contribution < 1.29 is 9.18 Å². The van der Waals surface area contributed by atoms with Crippen LogP contribution in [0.3, 0.4) is 0 Å². The van der Waals surface area contributed by atoms with Crippen LogP contribution in [0.25, 0.3) is 0 Å². The van der Waals surface area contributed by atoms with E-state index >= 15 is 0 Å². The SMILES string of the molecule is O=C(Nc1cccc(F)c1)c1cc(Cl)ncn1. The number of aromatic nitrogens is 2. The second-order valence-corrected chi connectivity index (χ2v) is 3.58. The first-order valence-corrected chi connectivity index (χ1v) is 5.07. The molecule has 2 rings (SSSR count). The molecular weight excluding hydrogens is 245 g/mol. The smallest absolute Gasteiger partial charge is 0.274 e. The van der Waals surface area contributed by atoms with Crippen LogP contribution in [0.15, 0.2) is 36.7 Å². The van der Waals surface area contributed by atoms with Crippen LogP contribution in [0, 0.1) is 5.82 Å². The standard InChI is InChI=1S/C11H7ClFN3O/c12-10-5-9(14-6-15-10)11(17)16-8-3-1-2-7(13)4-8/h1-6H,(H,16,17). The van der Waals surface area contributed by atoms with Crippen molar-refractivity contribution in [1.29, 1.82) is 0 Å². The number of hydrogen-bond acceptors (Lipinski definition) is 3. The predicted octanol–water partition coefficient (Wildman–Crippen LogP) is 2.52. The van der Waals surface area contributed by atoms with Crippen LogP contribution < -0.4 is 5.32 Å². The fourth-order valence-electron chi connectivity index (χ4n) is 1.22. The Kier molecular flexibility index (Phi) is 3.30. The minimum absolute atomic E-state index is 0.120. The third-order valence-electron chi connectivity index (χ3n) is 1.95. The van der Waals surface area contributed by atoms with Crippen molar-refractivity contribution in [3.63, 3.8) is 0 Å². The number of rotatable bonds is 2. The summed E-state index contributed by atoms with van der Waals surface area (Å²) in [7, 11) is 0. The van der Waals surface area contributed by atoms with Gasteiger partial charge in [-0.15, -0.1) is 0 Å². The molecule has 0 saturated carbocycles. The number of anilines is 1. The van der Waals surface area contributed by atoms with Crippen molar-refractivity contribution in [3.8, 4) is 0 Å². The molecule has 1 N–H and O–H groups in total. The van der Waals surface area contributed by atoms with Crippen LogP contribution in [0.5, 0.6) is 0 Å². The first kappa shape index (κ1) is 11.5. The molecule has 6 heteroatoms. The summed E-state index contributed by atoms with van der Waals surface area (Å²) in [4.78, 5) is 19.1. The summed E-state index contributed by atoms with van der Waals surface area (Å²) in [5.41, 5.74) is 0.471. The average Bonchev–Trinajstić information content (AvgIpc) is 2.29. The molecule has 2 aromatic rings. The third kappa shape index (κ3) is 2.98. The fourth-order valence-corrected chi connectivity index (χ4v) is 1.37. The Morgan fingerprint density at radius 1 is 1.29 bits per heavy atom. The minimum atomic E-state index is -0.472. The molecule has 0 fully saturated rings. The van der Waals surface area contributed by atoms with Crippen LogP contribution in [0.1, 0.15) is 10.5 Å². The number of nitrogens with zero attached hydrogens (tertiary/aromatic N) is 2. The van der Waals surface area contributed by atoms with Gasteiger partial charge in [0.05, 0.1) is 0 Å². The van der Waals surface area contributed by atoms with E-state index in [1.54, 1.807) is 6.07 Å². The molecule has 86 valence electrons. The largest absolute Gasteiger partial charge is 0.321 e. The molecule has 0 aliphatic carbocycles.